The van der Waals surface area contributed by atoms with E-state index in [1.165, 1.54) is 0 Å². The molecule has 2 amide bonds. The van der Waals surface area contributed by atoms with Gasteiger partial charge in [-0.05, 0) is 25.1 Å². The lowest BCUT2D eigenvalue weighted by molar-refractivity contribution is -0.132. The van der Waals surface area contributed by atoms with Crippen LogP contribution in [0.4, 0.5) is 0 Å². The number of rotatable bonds is 6. The second-order valence-electron chi connectivity index (χ2n) is 7.19. The Bertz CT molecular complexity index is 884. The molecule has 0 spiro atoms. The van der Waals surface area contributed by atoms with E-state index >= 15 is 0 Å². The van der Waals surface area contributed by atoms with Crippen molar-refractivity contribution >= 4 is 17.6 Å². The number of ketones is 1. The van der Waals surface area contributed by atoms with E-state index in [2.05, 4.69) is 0 Å². The second-order valence-corrected chi connectivity index (χ2v) is 7.19. The van der Waals surface area contributed by atoms with Gasteiger partial charge in [0.15, 0.2) is 5.78 Å². The number of benzene rings is 2. The quantitative estimate of drug-likeness (QED) is 0.707. The van der Waals surface area contributed by atoms with Gasteiger partial charge >= 0.3 is 0 Å². The van der Waals surface area contributed by atoms with Crippen LogP contribution in [0.15, 0.2) is 48.5 Å². The molecule has 0 atom stereocenters. The van der Waals surface area contributed by atoms with Gasteiger partial charge in [-0.3, -0.25) is 14.4 Å². The standard InChI is InChI=1S/C23H26N2O4/c1-17-6-8-18(9-7-17)21(26)10-11-22(27)24-12-14-25(15-13-24)23(28)19-4-3-5-20(16-19)29-2/h3-9,16H,10-15H2,1-2H3. The number of aryl methyl sites for hydroxylation is 1. The lowest BCUT2D eigenvalue weighted by Gasteiger charge is -2.35. The third-order valence-electron chi connectivity index (χ3n) is 5.18. The summed E-state index contributed by atoms with van der Waals surface area (Å²) in [5.41, 5.74) is 2.31. The van der Waals surface area contributed by atoms with E-state index in [-0.39, 0.29) is 30.4 Å². The van der Waals surface area contributed by atoms with Gasteiger partial charge in [0.05, 0.1) is 7.11 Å². The third-order valence-corrected chi connectivity index (χ3v) is 5.18. The van der Waals surface area contributed by atoms with Crippen molar-refractivity contribution in [1.82, 2.24) is 9.80 Å². The maximum absolute atomic E-state index is 12.7. The summed E-state index contributed by atoms with van der Waals surface area (Å²) in [5.74, 6) is 0.512. The summed E-state index contributed by atoms with van der Waals surface area (Å²) in [5, 5.41) is 0. The number of piperazine rings is 1. The highest BCUT2D eigenvalue weighted by Gasteiger charge is 2.25. The first-order valence-corrected chi connectivity index (χ1v) is 9.79. The van der Waals surface area contributed by atoms with Crippen molar-refractivity contribution in [3.63, 3.8) is 0 Å². The highest BCUT2D eigenvalue weighted by atomic mass is 16.5. The Labute approximate surface area is 171 Å². The molecule has 1 aliphatic rings. The van der Waals surface area contributed by atoms with Gasteiger partial charge in [-0.2, -0.15) is 0 Å². The minimum atomic E-state index is -0.0643. The predicted octanol–water partition coefficient (Wildman–Crippen LogP) is 2.95. The molecule has 1 heterocycles. The molecule has 2 aromatic carbocycles. The van der Waals surface area contributed by atoms with Crippen LogP contribution in [0.25, 0.3) is 0 Å². The van der Waals surface area contributed by atoms with Gasteiger partial charge in [-0.25, -0.2) is 0 Å². The third kappa shape index (κ3) is 5.22. The summed E-state index contributed by atoms with van der Waals surface area (Å²) in [6, 6.07) is 14.5. The van der Waals surface area contributed by atoms with Crippen LogP contribution in [0.3, 0.4) is 0 Å². The highest BCUT2D eigenvalue weighted by molar-refractivity contribution is 5.98. The number of amides is 2. The van der Waals surface area contributed by atoms with Crippen LogP contribution in [0.5, 0.6) is 5.75 Å². The zero-order chi connectivity index (χ0) is 20.8. The Hall–Kier alpha value is -3.15. The first-order chi connectivity index (χ1) is 14.0. The van der Waals surface area contributed by atoms with Gasteiger partial charge in [-0.15, -0.1) is 0 Å². The number of carbonyl (C=O) groups is 3. The van der Waals surface area contributed by atoms with Gasteiger partial charge in [0.1, 0.15) is 5.75 Å². The molecule has 6 nitrogen and oxygen atoms in total. The van der Waals surface area contributed by atoms with Gasteiger partial charge < -0.3 is 14.5 Å². The molecule has 0 N–H and O–H groups in total. The molecule has 1 saturated heterocycles. The first kappa shape index (κ1) is 20.6. The van der Waals surface area contributed by atoms with Crippen molar-refractivity contribution in [2.75, 3.05) is 33.3 Å². The van der Waals surface area contributed by atoms with E-state index < -0.39 is 0 Å². The number of nitrogens with zero attached hydrogens (tertiary/aromatic N) is 2. The Balaban J connectivity index is 1.48. The predicted molar refractivity (Wildman–Crippen MR) is 110 cm³/mol. The lowest BCUT2D eigenvalue weighted by Crippen LogP contribution is -2.50. The normalized spacial score (nSPS) is 13.9. The van der Waals surface area contributed by atoms with E-state index in [4.69, 9.17) is 4.74 Å². The summed E-state index contributed by atoms with van der Waals surface area (Å²) in [7, 11) is 1.57. The fourth-order valence-electron chi connectivity index (χ4n) is 3.36. The zero-order valence-electron chi connectivity index (χ0n) is 16.9. The molecule has 0 radical (unpaired) electrons. The van der Waals surface area contributed by atoms with Crippen LogP contribution in [-0.2, 0) is 4.79 Å². The van der Waals surface area contributed by atoms with Crippen molar-refractivity contribution in [3.05, 3.63) is 65.2 Å². The molecule has 0 bridgehead atoms. The maximum atomic E-state index is 12.7. The number of hydrogen-bond donors (Lipinski definition) is 0. The summed E-state index contributed by atoms with van der Waals surface area (Å²) in [6.07, 6.45) is 0.390. The van der Waals surface area contributed by atoms with Gasteiger partial charge in [0.2, 0.25) is 5.91 Å². The van der Waals surface area contributed by atoms with Crippen LogP contribution < -0.4 is 4.74 Å². The molecule has 0 saturated carbocycles. The van der Waals surface area contributed by atoms with E-state index in [1.807, 2.05) is 19.1 Å². The minimum absolute atomic E-state index is 0.0230. The van der Waals surface area contributed by atoms with Crippen LogP contribution in [0, 0.1) is 6.92 Å². The summed E-state index contributed by atoms with van der Waals surface area (Å²) in [4.78, 5) is 40.9. The molecule has 1 aliphatic heterocycles. The molecule has 2 aromatic rings. The number of carbonyl (C=O) groups excluding carboxylic acids is 3. The van der Waals surface area contributed by atoms with Gasteiger partial charge in [-0.1, -0.05) is 35.9 Å². The molecule has 0 aromatic heterocycles. The van der Waals surface area contributed by atoms with Crippen molar-refractivity contribution in [3.8, 4) is 5.75 Å². The molecule has 0 unspecified atom stereocenters. The fraction of sp³-hybridized carbons (Fsp3) is 0.348. The van der Waals surface area contributed by atoms with Crippen LogP contribution >= 0.6 is 0 Å². The van der Waals surface area contributed by atoms with Crippen LogP contribution in [-0.4, -0.2) is 60.7 Å². The Morgan fingerprint density at radius 3 is 2.17 bits per heavy atom. The average Bonchev–Trinajstić information content (AvgIpc) is 2.77. The van der Waals surface area contributed by atoms with E-state index in [9.17, 15) is 14.4 Å². The number of hydrogen-bond acceptors (Lipinski definition) is 4. The Morgan fingerprint density at radius 2 is 1.52 bits per heavy atom. The monoisotopic (exact) mass is 394 g/mol. The first-order valence-electron chi connectivity index (χ1n) is 9.79. The minimum Gasteiger partial charge on any atom is -0.497 e. The molecule has 29 heavy (non-hydrogen) atoms. The van der Waals surface area contributed by atoms with E-state index in [0.29, 0.717) is 43.1 Å². The SMILES string of the molecule is COc1cccc(C(=O)N2CCN(C(=O)CCC(=O)c3ccc(C)cc3)CC2)c1. The molecule has 152 valence electrons. The van der Waals surface area contributed by atoms with E-state index in [0.717, 1.165) is 5.56 Å². The largest absolute Gasteiger partial charge is 0.497 e. The van der Waals surface area contributed by atoms with E-state index in [1.54, 1.807) is 53.3 Å². The number of Topliss-reactive ketones (excluding diaryl/α,β-unsaturated/α-hetero) is 1. The Kier molecular flexibility index (Phi) is 6.65. The van der Waals surface area contributed by atoms with Crippen molar-refractivity contribution in [1.29, 1.82) is 0 Å². The molecule has 1 fully saturated rings. The summed E-state index contributed by atoms with van der Waals surface area (Å²) >= 11 is 0. The van der Waals surface area contributed by atoms with Gasteiger partial charge in [0, 0.05) is 50.1 Å². The second kappa shape index (κ2) is 9.37. The van der Waals surface area contributed by atoms with Crippen LogP contribution in [0.1, 0.15) is 39.1 Å². The highest BCUT2D eigenvalue weighted by Crippen LogP contribution is 2.16. The van der Waals surface area contributed by atoms with Crippen LogP contribution in [0.2, 0.25) is 0 Å². The molecular formula is C23H26N2O4. The van der Waals surface area contributed by atoms with Crippen molar-refractivity contribution in [2.45, 2.75) is 19.8 Å². The number of methoxy groups -OCH3 is 1. The average molecular weight is 394 g/mol. The molecule has 3 rings (SSSR count). The van der Waals surface area contributed by atoms with Crippen molar-refractivity contribution in [2.24, 2.45) is 0 Å². The molecular weight excluding hydrogens is 368 g/mol. The lowest BCUT2D eigenvalue weighted by atomic mass is 10.0. The maximum Gasteiger partial charge on any atom is 0.254 e. The smallest absolute Gasteiger partial charge is 0.254 e. The molecule has 6 heteroatoms. The summed E-state index contributed by atoms with van der Waals surface area (Å²) in [6.45, 7) is 3.89. The fourth-order valence-corrected chi connectivity index (χ4v) is 3.36. The van der Waals surface area contributed by atoms with Crippen molar-refractivity contribution < 1.29 is 19.1 Å². The number of ether oxygens (including phenoxy) is 1. The topological polar surface area (TPSA) is 66.9 Å². The van der Waals surface area contributed by atoms with Gasteiger partial charge in [0.25, 0.3) is 5.91 Å². The zero-order valence-corrected chi connectivity index (χ0v) is 16.9. The summed E-state index contributed by atoms with van der Waals surface area (Å²) < 4.78 is 5.17. The molecule has 0 aliphatic carbocycles. The Morgan fingerprint density at radius 1 is 0.862 bits per heavy atom.